The molecule has 5 rings (SSSR count). The van der Waals surface area contributed by atoms with E-state index in [9.17, 15) is 18.4 Å². The summed E-state index contributed by atoms with van der Waals surface area (Å²) in [7, 11) is 0. The topological polar surface area (TPSA) is 40.6 Å². The van der Waals surface area contributed by atoms with Crippen molar-refractivity contribution in [2.45, 2.75) is 12.8 Å². The van der Waals surface area contributed by atoms with Crippen LogP contribution in [0.4, 0.5) is 20.2 Å². The molecule has 0 atom stereocenters. The third-order valence-electron chi connectivity index (χ3n) is 5.66. The molecular formula is C25H18F2N2O2. The van der Waals surface area contributed by atoms with Crippen molar-refractivity contribution in [3.63, 3.8) is 0 Å². The van der Waals surface area contributed by atoms with E-state index in [1.807, 2.05) is 29.2 Å². The standard InChI is InChI=1S/C25H18F2N2O2/c26-18-9-7-17(8-10-18)22-23(28-15-3-5-16-4-1-2-6-21(16)28)25(31)29(24(22)30)20-13-11-19(27)12-14-20/h1-2,4,6-14H,3,5,15H2. The number of hydrogen-bond acceptors (Lipinski definition) is 3. The Hall–Kier alpha value is -3.80. The van der Waals surface area contributed by atoms with Gasteiger partial charge in [0, 0.05) is 12.2 Å². The average Bonchev–Trinajstić information content (AvgIpc) is 3.04. The number of imide groups is 1. The van der Waals surface area contributed by atoms with Crippen molar-refractivity contribution in [3.8, 4) is 0 Å². The largest absolute Gasteiger partial charge is 0.336 e. The summed E-state index contributed by atoms with van der Waals surface area (Å²) in [5, 5.41) is 0. The molecule has 0 fully saturated rings. The molecule has 0 aliphatic carbocycles. The van der Waals surface area contributed by atoms with Crippen LogP contribution in [-0.4, -0.2) is 18.4 Å². The first-order valence-electron chi connectivity index (χ1n) is 10.0. The molecule has 2 aliphatic rings. The van der Waals surface area contributed by atoms with Crippen LogP contribution in [0, 0.1) is 11.6 Å². The first-order valence-corrected chi connectivity index (χ1v) is 10.0. The Balaban J connectivity index is 1.69. The van der Waals surface area contributed by atoms with Crippen LogP contribution in [-0.2, 0) is 16.0 Å². The number of halogens is 2. The van der Waals surface area contributed by atoms with Crippen LogP contribution in [0.5, 0.6) is 0 Å². The van der Waals surface area contributed by atoms with Crippen LogP contribution in [0.2, 0.25) is 0 Å². The molecule has 0 saturated heterocycles. The van der Waals surface area contributed by atoms with E-state index in [4.69, 9.17) is 0 Å². The molecule has 6 heteroatoms. The minimum Gasteiger partial charge on any atom is -0.336 e. The molecule has 0 aromatic heterocycles. The molecule has 0 N–H and O–H groups in total. The molecule has 4 nitrogen and oxygen atoms in total. The van der Waals surface area contributed by atoms with Gasteiger partial charge in [-0.05, 0) is 66.4 Å². The second-order valence-electron chi connectivity index (χ2n) is 7.54. The highest BCUT2D eigenvalue weighted by Crippen LogP contribution is 2.39. The molecule has 3 aromatic carbocycles. The van der Waals surface area contributed by atoms with E-state index in [-0.39, 0.29) is 17.0 Å². The lowest BCUT2D eigenvalue weighted by Gasteiger charge is -2.32. The van der Waals surface area contributed by atoms with Crippen molar-refractivity contribution in [3.05, 3.63) is 101 Å². The fraction of sp³-hybridized carbons (Fsp3) is 0.120. The Kier molecular flexibility index (Phi) is 4.62. The third kappa shape index (κ3) is 3.20. The zero-order valence-electron chi connectivity index (χ0n) is 16.5. The number of carbonyl (C=O) groups is 2. The maximum absolute atomic E-state index is 13.6. The van der Waals surface area contributed by atoms with E-state index in [0.717, 1.165) is 29.0 Å². The summed E-state index contributed by atoms with van der Waals surface area (Å²) in [6.07, 6.45) is 1.71. The van der Waals surface area contributed by atoms with E-state index in [0.29, 0.717) is 12.1 Å². The Morgan fingerprint density at radius 3 is 2.10 bits per heavy atom. The molecule has 3 aromatic rings. The molecule has 2 heterocycles. The fourth-order valence-corrected chi connectivity index (χ4v) is 4.24. The summed E-state index contributed by atoms with van der Waals surface area (Å²) in [5.74, 6) is -1.88. The molecule has 31 heavy (non-hydrogen) atoms. The quantitative estimate of drug-likeness (QED) is 0.581. The Bertz CT molecular complexity index is 1220. The minimum atomic E-state index is -0.513. The minimum absolute atomic E-state index is 0.214. The van der Waals surface area contributed by atoms with Gasteiger partial charge in [-0.2, -0.15) is 0 Å². The average molecular weight is 416 g/mol. The first kappa shape index (κ1) is 19.2. The predicted octanol–water partition coefficient (Wildman–Crippen LogP) is 4.70. The van der Waals surface area contributed by atoms with Gasteiger partial charge in [-0.25, -0.2) is 13.7 Å². The highest BCUT2D eigenvalue weighted by molar-refractivity contribution is 6.46. The maximum Gasteiger partial charge on any atom is 0.282 e. The molecule has 0 spiro atoms. The van der Waals surface area contributed by atoms with Crippen molar-refractivity contribution in [1.82, 2.24) is 0 Å². The van der Waals surface area contributed by atoms with Gasteiger partial charge >= 0.3 is 0 Å². The van der Waals surface area contributed by atoms with Crippen LogP contribution >= 0.6 is 0 Å². The van der Waals surface area contributed by atoms with Crippen LogP contribution < -0.4 is 9.80 Å². The Labute approximate surface area is 178 Å². The van der Waals surface area contributed by atoms with Gasteiger partial charge in [-0.3, -0.25) is 9.59 Å². The molecule has 0 bridgehead atoms. The lowest BCUT2D eigenvalue weighted by atomic mass is 9.98. The molecular weight excluding hydrogens is 398 g/mol. The summed E-state index contributed by atoms with van der Waals surface area (Å²) in [6.45, 7) is 0.577. The Morgan fingerprint density at radius 1 is 0.742 bits per heavy atom. The number of fused-ring (bicyclic) bond motifs is 1. The normalized spacial score (nSPS) is 16.2. The molecule has 2 aliphatic heterocycles. The highest BCUT2D eigenvalue weighted by atomic mass is 19.1. The van der Waals surface area contributed by atoms with Crippen LogP contribution in [0.15, 0.2) is 78.5 Å². The monoisotopic (exact) mass is 416 g/mol. The van der Waals surface area contributed by atoms with Gasteiger partial charge in [-0.15, -0.1) is 0 Å². The number of nitrogens with zero attached hydrogens (tertiary/aromatic N) is 2. The smallest absolute Gasteiger partial charge is 0.282 e. The fourth-order valence-electron chi connectivity index (χ4n) is 4.24. The van der Waals surface area contributed by atoms with Crippen molar-refractivity contribution < 1.29 is 18.4 Å². The van der Waals surface area contributed by atoms with Gasteiger partial charge in [0.2, 0.25) is 0 Å². The van der Waals surface area contributed by atoms with E-state index < -0.39 is 23.4 Å². The molecule has 0 saturated carbocycles. The molecule has 0 unspecified atom stereocenters. The second-order valence-corrected chi connectivity index (χ2v) is 7.54. The summed E-state index contributed by atoms with van der Waals surface area (Å²) in [5.41, 5.74) is 3.20. The van der Waals surface area contributed by atoms with Crippen LogP contribution in [0.3, 0.4) is 0 Å². The summed E-state index contributed by atoms with van der Waals surface area (Å²) in [6, 6.07) is 18.5. The van der Waals surface area contributed by atoms with Gasteiger partial charge in [0.15, 0.2) is 0 Å². The van der Waals surface area contributed by atoms with Crippen molar-refractivity contribution in [1.29, 1.82) is 0 Å². The predicted molar refractivity (Wildman–Crippen MR) is 114 cm³/mol. The summed E-state index contributed by atoms with van der Waals surface area (Å²) >= 11 is 0. The summed E-state index contributed by atoms with van der Waals surface area (Å²) in [4.78, 5) is 30.0. The number of rotatable bonds is 3. The van der Waals surface area contributed by atoms with Gasteiger partial charge in [-0.1, -0.05) is 30.3 Å². The first-order chi connectivity index (χ1) is 15.0. The molecule has 154 valence electrons. The second kappa shape index (κ2) is 7.47. The molecule has 2 amide bonds. The number of aryl methyl sites for hydroxylation is 1. The third-order valence-corrected chi connectivity index (χ3v) is 5.66. The number of para-hydroxylation sites is 1. The van der Waals surface area contributed by atoms with Gasteiger partial charge in [0.1, 0.15) is 17.3 Å². The number of hydrogen-bond donors (Lipinski definition) is 0. The number of amides is 2. The van der Waals surface area contributed by atoms with Crippen LogP contribution in [0.25, 0.3) is 5.57 Å². The van der Waals surface area contributed by atoms with Gasteiger partial charge in [0.05, 0.1) is 11.3 Å². The highest BCUT2D eigenvalue weighted by Gasteiger charge is 2.43. The number of benzene rings is 3. The Morgan fingerprint density at radius 2 is 1.39 bits per heavy atom. The SMILES string of the molecule is O=C1C(c2ccc(F)cc2)=C(N2CCCc3ccccc32)C(=O)N1c1ccc(F)cc1. The summed E-state index contributed by atoms with van der Waals surface area (Å²) < 4.78 is 27.0. The van der Waals surface area contributed by atoms with Gasteiger partial charge < -0.3 is 4.90 Å². The maximum atomic E-state index is 13.6. The number of anilines is 2. The van der Waals surface area contributed by atoms with Crippen molar-refractivity contribution in [2.24, 2.45) is 0 Å². The van der Waals surface area contributed by atoms with Crippen LogP contribution in [0.1, 0.15) is 17.5 Å². The lowest BCUT2D eigenvalue weighted by Crippen LogP contribution is -2.37. The van der Waals surface area contributed by atoms with E-state index in [1.165, 1.54) is 48.5 Å². The lowest BCUT2D eigenvalue weighted by molar-refractivity contribution is -0.120. The molecule has 0 radical (unpaired) electrons. The van der Waals surface area contributed by atoms with Crippen molar-refractivity contribution in [2.75, 3.05) is 16.3 Å². The van der Waals surface area contributed by atoms with Gasteiger partial charge in [0.25, 0.3) is 11.8 Å². The van der Waals surface area contributed by atoms with Crippen molar-refractivity contribution >= 4 is 28.8 Å². The zero-order valence-corrected chi connectivity index (χ0v) is 16.5. The zero-order chi connectivity index (χ0) is 21.5. The van der Waals surface area contributed by atoms with E-state index in [1.54, 1.807) is 0 Å². The van der Waals surface area contributed by atoms with E-state index in [2.05, 4.69) is 0 Å². The van der Waals surface area contributed by atoms with E-state index >= 15 is 0 Å². The number of carbonyl (C=O) groups excluding carboxylic acids is 2.